The average Bonchev–Trinajstić information content (AvgIpc) is 2.39. The first-order valence-electron chi connectivity index (χ1n) is 5.08. The van der Waals surface area contributed by atoms with Crippen LogP contribution in [0.15, 0.2) is 30.5 Å². The molecule has 2 N–H and O–H groups in total. The predicted molar refractivity (Wildman–Crippen MR) is 62.5 cm³/mol. The molecule has 92 valence electrons. The van der Waals surface area contributed by atoms with Crippen LogP contribution in [-0.4, -0.2) is 23.0 Å². The van der Waals surface area contributed by atoms with Gasteiger partial charge in [-0.15, -0.1) is 0 Å². The number of rotatable bonds is 3. The monoisotopic (exact) mass is 247 g/mol. The van der Waals surface area contributed by atoms with E-state index in [9.17, 15) is 9.18 Å². The summed E-state index contributed by atoms with van der Waals surface area (Å²) < 4.78 is 18.3. The summed E-state index contributed by atoms with van der Waals surface area (Å²) in [6, 6.07) is 5.57. The normalized spacial score (nSPS) is 10.1. The lowest BCUT2D eigenvalue weighted by atomic mass is 10.1. The topological polar surface area (TPSA) is 78.1 Å². The lowest BCUT2D eigenvalue weighted by molar-refractivity contribution is 0.0990. The number of benzene rings is 1. The summed E-state index contributed by atoms with van der Waals surface area (Å²) in [7, 11) is 1.47. The highest BCUT2D eigenvalue weighted by atomic mass is 19.1. The molecule has 0 spiro atoms. The molecule has 0 bridgehead atoms. The van der Waals surface area contributed by atoms with Crippen LogP contribution in [0.25, 0.3) is 11.3 Å². The van der Waals surface area contributed by atoms with Gasteiger partial charge in [0.15, 0.2) is 0 Å². The summed E-state index contributed by atoms with van der Waals surface area (Å²) in [4.78, 5) is 18.7. The van der Waals surface area contributed by atoms with E-state index in [2.05, 4.69) is 9.97 Å². The second-order valence-electron chi connectivity index (χ2n) is 3.47. The third-order valence-electron chi connectivity index (χ3n) is 2.31. The molecule has 1 aromatic carbocycles. The lowest BCUT2D eigenvalue weighted by Gasteiger charge is -2.08. The molecule has 5 nitrogen and oxygen atoms in total. The third-order valence-corrected chi connectivity index (χ3v) is 2.31. The summed E-state index contributed by atoms with van der Waals surface area (Å²) in [5.41, 5.74) is 5.90. The van der Waals surface area contributed by atoms with Crippen molar-refractivity contribution >= 4 is 5.91 Å². The van der Waals surface area contributed by atoms with Gasteiger partial charge in [0.2, 0.25) is 5.82 Å². The molecule has 1 heterocycles. The smallest absolute Gasteiger partial charge is 0.286 e. The number of primary amides is 1. The maximum absolute atomic E-state index is 13.2. The lowest BCUT2D eigenvalue weighted by Crippen LogP contribution is -2.15. The minimum absolute atomic E-state index is 0.126. The number of carbonyl (C=O) groups is 1. The zero-order chi connectivity index (χ0) is 13.1. The molecule has 0 radical (unpaired) electrons. The number of hydrogen-bond donors (Lipinski definition) is 1. The number of carbonyl (C=O) groups excluding carboxylic acids is 1. The van der Waals surface area contributed by atoms with Crippen molar-refractivity contribution in [3.8, 4) is 17.0 Å². The molecule has 0 aliphatic heterocycles. The number of nitrogens with zero attached hydrogens (tertiary/aromatic N) is 2. The maximum atomic E-state index is 13.2. The predicted octanol–water partition coefficient (Wildman–Crippen LogP) is 1.39. The van der Waals surface area contributed by atoms with Gasteiger partial charge in [0, 0.05) is 11.8 Å². The third kappa shape index (κ3) is 2.27. The van der Waals surface area contributed by atoms with Gasteiger partial charge in [-0.3, -0.25) is 4.79 Å². The van der Waals surface area contributed by atoms with E-state index < -0.39 is 11.7 Å². The standard InChI is InChI=1S/C12H10FN3O2/c1-18-10-3-2-7(13)6-8(10)9-4-5-15-12(16-9)11(14)17/h2-6H,1H3,(H2,14,17). The van der Waals surface area contributed by atoms with E-state index in [1.54, 1.807) is 6.07 Å². The van der Waals surface area contributed by atoms with Gasteiger partial charge in [-0.05, 0) is 24.3 Å². The maximum Gasteiger partial charge on any atom is 0.286 e. The Bertz CT molecular complexity index is 602. The van der Waals surface area contributed by atoms with Crippen LogP contribution >= 0.6 is 0 Å². The van der Waals surface area contributed by atoms with Crippen LogP contribution in [-0.2, 0) is 0 Å². The first-order chi connectivity index (χ1) is 8.61. The zero-order valence-electron chi connectivity index (χ0n) is 9.55. The molecule has 2 rings (SSSR count). The van der Waals surface area contributed by atoms with E-state index in [0.29, 0.717) is 17.0 Å². The van der Waals surface area contributed by atoms with Gasteiger partial charge in [-0.2, -0.15) is 0 Å². The number of ether oxygens (including phenoxy) is 1. The van der Waals surface area contributed by atoms with Gasteiger partial charge in [0.1, 0.15) is 11.6 Å². The molecular weight excluding hydrogens is 237 g/mol. The summed E-state index contributed by atoms with van der Waals surface area (Å²) >= 11 is 0. The van der Waals surface area contributed by atoms with Crippen molar-refractivity contribution in [2.75, 3.05) is 7.11 Å². The highest BCUT2D eigenvalue weighted by Crippen LogP contribution is 2.28. The molecule has 1 amide bonds. The van der Waals surface area contributed by atoms with Crippen molar-refractivity contribution in [2.45, 2.75) is 0 Å². The highest BCUT2D eigenvalue weighted by Gasteiger charge is 2.11. The van der Waals surface area contributed by atoms with Crippen LogP contribution in [0.5, 0.6) is 5.75 Å². The second kappa shape index (κ2) is 4.79. The number of aromatic nitrogens is 2. The second-order valence-corrected chi connectivity index (χ2v) is 3.47. The molecular formula is C12H10FN3O2. The molecule has 0 aliphatic carbocycles. The quantitative estimate of drug-likeness (QED) is 0.889. The van der Waals surface area contributed by atoms with Gasteiger partial charge >= 0.3 is 0 Å². The molecule has 0 saturated carbocycles. The number of nitrogens with two attached hydrogens (primary N) is 1. The number of hydrogen-bond acceptors (Lipinski definition) is 4. The molecule has 6 heteroatoms. The summed E-state index contributed by atoms with van der Waals surface area (Å²) in [6.07, 6.45) is 1.38. The van der Waals surface area contributed by atoms with Gasteiger partial charge in [0.05, 0.1) is 12.8 Å². The van der Waals surface area contributed by atoms with Crippen molar-refractivity contribution in [1.82, 2.24) is 9.97 Å². The molecule has 2 aromatic rings. The molecule has 0 fully saturated rings. The SMILES string of the molecule is COc1ccc(F)cc1-c1ccnc(C(N)=O)n1. The minimum Gasteiger partial charge on any atom is -0.496 e. The number of methoxy groups -OCH3 is 1. The van der Waals surface area contributed by atoms with E-state index in [0.717, 1.165) is 0 Å². The van der Waals surface area contributed by atoms with Gasteiger partial charge < -0.3 is 10.5 Å². The van der Waals surface area contributed by atoms with Crippen LogP contribution in [0.4, 0.5) is 4.39 Å². The fraction of sp³-hybridized carbons (Fsp3) is 0.0833. The van der Waals surface area contributed by atoms with Crippen LogP contribution in [0.3, 0.4) is 0 Å². The highest BCUT2D eigenvalue weighted by molar-refractivity contribution is 5.89. The first kappa shape index (κ1) is 12.0. The Morgan fingerprint density at radius 1 is 1.39 bits per heavy atom. The molecule has 0 saturated heterocycles. The largest absolute Gasteiger partial charge is 0.496 e. The van der Waals surface area contributed by atoms with Crippen LogP contribution in [0.1, 0.15) is 10.6 Å². The molecule has 0 unspecified atom stereocenters. The Morgan fingerprint density at radius 3 is 2.83 bits per heavy atom. The minimum atomic E-state index is -0.743. The first-order valence-corrected chi connectivity index (χ1v) is 5.08. The number of amides is 1. The van der Waals surface area contributed by atoms with Gasteiger partial charge in [-0.1, -0.05) is 0 Å². The Kier molecular flexibility index (Phi) is 3.18. The van der Waals surface area contributed by atoms with Crippen LogP contribution in [0.2, 0.25) is 0 Å². The fourth-order valence-corrected chi connectivity index (χ4v) is 1.51. The van der Waals surface area contributed by atoms with Crippen molar-refractivity contribution in [1.29, 1.82) is 0 Å². The number of halogens is 1. The van der Waals surface area contributed by atoms with Crippen molar-refractivity contribution in [3.05, 3.63) is 42.1 Å². The molecule has 0 atom stereocenters. The van der Waals surface area contributed by atoms with E-state index in [-0.39, 0.29) is 5.82 Å². The van der Waals surface area contributed by atoms with E-state index in [4.69, 9.17) is 10.5 Å². The fourth-order valence-electron chi connectivity index (χ4n) is 1.51. The van der Waals surface area contributed by atoms with Gasteiger partial charge in [0.25, 0.3) is 5.91 Å². The Morgan fingerprint density at radius 2 is 2.17 bits per heavy atom. The summed E-state index contributed by atoms with van der Waals surface area (Å²) in [5.74, 6) is -0.846. The van der Waals surface area contributed by atoms with E-state index in [1.807, 2.05) is 0 Å². The summed E-state index contributed by atoms with van der Waals surface area (Å²) in [5, 5.41) is 0. The van der Waals surface area contributed by atoms with Gasteiger partial charge in [-0.25, -0.2) is 14.4 Å². The Hall–Kier alpha value is -2.50. The van der Waals surface area contributed by atoms with Crippen molar-refractivity contribution < 1.29 is 13.9 Å². The molecule has 0 aliphatic rings. The Balaban J connectivity index is 2.57. The van der Waals surface area contributed by atoms with Crippen molar-refractivity contribution in [3.63, 3.8) is 0 Å². The molecule has 1 aromatic heterocycles. The molecule has 18 heavy (non-hydrogen) atoms. The zero-order valence-corrected chi connectivity index (χ0v) is 9.55. The van der Waals surface area contributed by atoms with E-state index >= 15 is 0 Å². The van der Waals surface area contributed by atoms with Crippen molar-refractivity contribution in [2.24, 2.45) is 5.73 Å². The average molecular weight is 247 g/mol. The van der Waals surface area contributed by atoms with E-state index in [1.165, 1.54) is 31.5 Å². The van der Waals surface area contributed by atoms with Crippen LogP contribution < -0.4 is 10.5 Å². The summed E-state index contributed by atoms with van der Waals surface area (Å²) in [6.45, 7) is 0. The Labute approximate surface area is 102 Å². The van der Waals surface area contributed by atoms with Crippen LogP contribution in [0, 0.1) is 5.82 Å².